The standard InChI is InChI=1S/C29H41N3O3/c30-16-24-25(31)27(34-17-18-5-6-22-3-1-2-4-23(22)12-18)26(32)28(35-24)33-8-7-29-13-19-9-20(14-29)11-21(10-19)15-29/h1-6,12,19-21,24-28H,7-11,13-17,30-32H2/t19?,20?,21?,24-,25+,26-,27+,28-,29?/m1/s1. The van der Waals surface area contributed by atoms with E-state index in [1.54, 1.807) is 0 Å². The van der Waals surface area contributed by atoms with Crippen LogP contribution in [0.25, 0.3) is 10.8 Å². The van der Waals surface area contributed by atoms with Gasteiger partial charge in [-0.05, 0) is 90.5 Å². The van der Waals surface area contributed by atoms with Gasteiger partial charge in [0.2, 0.25) is 0 Å². The second-order valence-corrected chi connectivity index (χ2v) is 11.9. The lowest BCUT2D eigenvalue weighted by atomic mass is 9.49. The van der Waals surface area contributed by atoms with Crippen LogP contribution >= 0.6 is 0 Å². The van der Waals surface area contributed by atoms with Gasteiger partial charge in [-0.1, -0.05) is 36.4 Å². The first kappa shape index (κ1) is 23.8. The Morgan fingerprint density at radius 2 is 1.54 bits per heavy atom. The lowest BCUT2D eigenvalue weighted by molar-refractivity contribution is -0.241. The summed E-state index contributed by atoms with van der Waals surface area (Å²) < 4.78 is 18.8. The molecule has 6 heteroatoms. The van der Waals surface area contributed by atoms with Gasteiger partial charge in [0.05, 0.1) is 37.5 Å². The molecule has 4 aliphatic carbocycles. The summed E-state index contributed by atoms with van der Waals surface area (Å²) in [6.45, 7) is 1.43. The number of rotatable bonds is 8. The van der Waals surface area contributed by atoms with Crippen LogP contribution in [0.1, 0.15) is 50.5 Å². The molecule has 6 N–H and O–H groups in total. The van der Waals surface area contributed by atoms with Gasteiger partial charge in [-0.25, -0.2) is 0 Å². The smallest absolute Gasteiger partial charge is 0.175 e. The molecule has 35 heavy (non-hydrogen) atoms. The van der Waals surface area contributed by atoms with Gasteiger partial charge in [-0.15, -0.1) is 0 Å². The van der Waals surface area contributed by atoms with E-state index in [1.165, 1.54) is 49.3 Å². The van der Waals surface area contributed by atoms with Gasteiger partial charge in [-0.3, -0.25) is 0 Å². The van der Waals surface area contributed by atoms with Crippen LogP contribution in [0.2, 0.25) is 0 Å². The van der Waals surface area contributed by atoms with Crippen molar-refractivity contribution in [2.75, 3.05) is 13.2 Å². The molecule has 5 aliphatic rings. The first-order valence-corrected chi connectivity index (χ1v) is 13.6. The maximum atomic E-state index is 6.64. The van der Waals surface area contributed by atoms with E-state index < -0.39 is 18.4 Å². The van der Waals surface area contributed by atoms with E-state index in [9.17, 15) is 0 Å². The Hall–Kier alpha value is -1.54. The molecular weight excluding hydrogens is 438 g/mol. The number of fused-ring (bicyclic) bond motifs is 1. The van der Waals surface area contributed by atoms with Crippen molar-refractivity contribution in [2.45, 2.75) is 82.1 Å². The Balaban J connectivity index is 1.08. The predicted octanol–water partition coefficient (Wildman–Crippen LogP) is 3.69. The minimum Gasteiger partial charge on any atom is -0.370 e. The number of hydrogen-bond acceptors (Lipinski definition) is 6. The molecule has 0 spiro atoms. The molecular formula is C29H41N3O3. The van der Waals surface area contributed by atoms with Gasteiger partial charge in [0.25, 0.3) is 0 Å². The first-order chi connectivity index (χ1) is 17.0. The third-order valence-electron chi connectivity index (χ3n) is 9.38. The fraction of sp³-hybridized carbons (Fsp3) is 0.655. The molecule has 190 valence electrons. The van der Waals surface area contributed by atoms with Crippen LogP contribution in [0, 0.1) is 23.2 Å². The Kier molecular flexibility index (Phi) is 6.63. The highest BCUT2D eigenvalue weighted by Crippen LogP contribution is 2.61. The highest BCUT2D eigenvalue weighted by atomic mass is 16.7. The minimum absolute atomic E-state index is 0.318. The minimum atomic E-state index is -0.543. The summed E-state index contributed by atoms with van der Waals surface area (Å²) in [6, 6.07) is 13.9. The maximum Gasteiger partial charge on any atom is 0.175 e. The largest absolute Gasteiger partial charge is 0.370 e. The zero-order valence-corrected chi connectivity index (χ0v) is 20.7. The van der Waals surface area contributed by atoms with Crippen molar-refractivity contribution in [2.24, 2.45) is 40.4 Å². The summed E-state index contributed by atoms with van der Waals surface area (Å²) in [5.41, 5.74) is 20.7. The van der Waals surface area contributed by atoms with Crippen LogP contribution in [0.4, 0.5) is 0 Å². The van der Waals surface area contributed by atoms with Crippen LogP contribution < -0.4 is 17.2 Å². The van der Waals surface area contributed by atoms with Crippen LogP contribution in [0.5, 0.6) is 0 Å². The summed E-state index contributed by atoms with van der Waals surface area (Å²) in [5.74, 6) is 2.84. The Morgan fingerprint density at radius 1 is 0.857 bits per heavy atom. The van der Waals surface area contributed by atoms with E-state index in [1.807, 2.05) is 0 Å². The number of hydrogen-bond donors (Lipinski definition) is 3. The van der Waals surface area contributed by atoms with E-state index in [0.717, 1.165) is 29.7 Å². The van der Waals surface area contributed by atoms with Crippen LogP contribution in [-0.4, -0.2) is 43.7 Å². The molecule has 0 unspecified atom stereocenters. The lowest BCUT2D eigenvalue weighted by Gasteiger charge is -2.57. The van der Waals surface area contributed by atoms with Gasteiger partial charge in [0.15, 0.2) is 6.29 Å². The van der Waals surface area contributed by atoms with Crippen LogP contribution in [0.3, 0.4) is 0 Å². The van der Waals surface area contributed by atoms with Gasteiger partial charge in [0.1, 0.15) is 0 Å². The molecule has 2 aromatic carbocycles. The van der Waals surface area contributed by atoms with E-state index in [2.05, 4.69) is 42.5 Å². The molecule has 1 heterocycles. The quantitative estimate of drug-likeness (QED) is 0.533. The summed E-state index contributed by atoms with van der Waals surface area (Å²) in [5, 5.41) is 2.41. The average Bonchev–Trinajstić information content (AvgIpc) is 2.84. The molecule has 1 saturated heterocycles. The lowest BCUT2D eigenvalue weighted by Crippen LogP contribution is -2.66. The first-order valence-electron chi connectivity index (χ1n) is 13.6. The molecule has 4 saturated carbocycles. The van der Waals surface area contributed by atoms with Crippen LogP contribution in [-0.2, 0) is 20.8 Å². The highest BCUT2D eigenvalue weighted by molar-refractivity contribution is 5.82. The zero-order chi connectivity index (χ0) is 24.0. The number of nitrogens with two attached hydrogens (primary N) is 3. The third-order valence-corrected chi connectivity index (χ3v) is 9.38. The van der Waals surface area contributed by atoms with Crippen molar-refractivity contribution in [3.63, 3.8) is 0 Å². The molecule has 5 atom stereocenters. The summed E-state index contributed by atoms with van der Waals surface area (Å²) >= 11 is 0. The predicted molar refractivity (Wildman–Crippen MR) is 137 cm³/mol. The Labute approximate surface area is 208 Å². The Morgan fingerprint density at radius 3 is 2.23 bits per heavy atom. The molecule has 7 rings (SSSR count). The molecule has 5 fully saturated rings. The monoisotopic (exact) mass is 479 g/mol. The van der Waals surface area contributed by atoms with Gasteiger partial charge >= 0.3 is 0 Å². The molecule has 0 amide bonds. The van der Waals surface area contributed by atoms with Crippen molar-refractivity contribution in [1.82, 2.24) is 0 Å². The molecule has 4 bridgehead atoms. The van der Waals surface area contributed by atoms with E-state index >= 15 is 0 Å². The number of ether oxygens (including phenoxy) is 3. The molecule has 0 radical (unpaired) electrons. The van der Waals surface area contributed by atoms with E-state index in [0.29, 0.717) is 25.2 Å². The van der Waals surface area contributed by atoms with Crippen LogP contribution in [0.15, 0.2) is 42.5 Å². The molecule has 2 aromatic rings. The van der Waals surface area contributed by atoms with Crippen molar-refractivity contribution in [3.05, 3.63) is 48.0 Å². The summed E-state index contributed by atoms with van der Waals surface area (Å²) in [4.78, 5) is 0. The van der Waals surface area contributed by atoms with Crippen molar-refractivity contribution < 1.29 is 14.2 Å². The highest BCUT2D eigenvalue weighted by Gasteiger charge is 2.51. The third kappa shape index (κ3) is 4.77. The maximum absolute atomic E-state index is 6.64. The fourth-order valence-corrected chi connectivity index (χ4v) is 8.07. The number of benzene rings is 2. The molecule has 1 aliphatic heterocycles. The SMILES string of the molecule is NC[C@H]1O[C@@H](OCCC23CC4CC(CC(C4)C2)C3)[C@H](N)[C@@H](OCc2ccc3ccccc3c2)[C@H]1N. The molecule has 0 aromatic heterocycles. The van der Waals surface area contributed by atoms with Crippen molar-refractivity contribution in [1.29, 1.82) is 0 Å². The van der Waals surface area contributed by atoms with Gasteiger partial charge in [-0.2, -0.15) is 0 Å². The van der Waals surface area contributed by atoms with Crippen molar-refractivity contribution in [3.8, 4) is 0 Å². The van der Waals surface area contributed by atoms with E-state index in [-0.39, 0.29) is 12.2 Å². The Bertz CT molecular complexity index is 994. The second-order valence-electron chi connectivity index (χ2n) is 11.9. The van der Waals surface area contributed by atoms with E-state index in [4.69, 9.17) is 31.4 Å². The zero-order valence-electron chi connectivity index (χ0n) is 20.7. The molecule has 6 nitrogen and oxygen atoms in total. The second kappa shape index (κ2) is 9.73. The normalized spacial score (nSPS) is 40.4. The topological polar surface area (TPSA) is 106 Å². The summed E-state index contributed by atoms with van der Waals surface area (Å²) in [7, 11) is 0. The fourth-order valence-electron chi connectivity index (χ4n) is 8.07. The van der Waals surface area contributed by atoms with Gasteiger partial charge < -0.3 is 31.4 Å². The average molecular weight is 480 g/mol. The summed E-state index contributed by atoms with van der Waals surface area (Å²) in [6.07, 6.45) is 8.38. The van der Waals surface area contributed by atoms with Gasteiger partial charge in [0, 0.05) is 6.54 Å². The van der Waals surface area contributed by atoms with Crippen molar-refractivity contribution >= 4 is 10.8 Å².